The molecule has 0 aliphatic rings. The second-order valence-electron chi connectivity index (χ2n) is 9.67. The number of fused-ring (bicyclic) bond motifs is 6. The van der Waals surface area contributed by atoms with Crippen LogP contribution in [0.5, 0.6) is 0 Å². The first kappa shape index (κ1) is 21.7. The average molecular weight is 500 g/mol. The van der Waals surface area contributed by atoms with Gasteiger partial charge in [-0.3, -0.25) is 0 Å². The van der Waals surface area contributed by atoms with Gasteiger partial charge in [0, 0.05) is 22.1 Å². The molecular weight excluding hydrogens is 478 g/mol. The van der Waals surface area contributed by atoms with Crippen molar-refractivity contribution in [1.82, 2.24) is 15.0 Å². The van der Waals surface area contributed by atoms with Crippen LogP contribution in [-0.4, -0.2) is 15.0 Å². The molecule has 2 heterocycles. The number of hydrogen-bond donors (Lipinski definition) is 0. The molecule has 4 nitrogen and oxygen atoms in total. The molecule has 0 fully saturated rings. The molecule has 0 saturated heterocycles. The predicted octanol–water partition coefficient (Wildman–Crippen LogP) is 9.08. The Kier molecular flexibility index (Phi) is 4.79. The van der Waals surface area contributed by atoms with Gasteiger partial charge in [0.1, 0.15) is 5.52 Å². The highest BCUT2D eigenvalue weighted by Crippen LogP contribution is 2.38. The quantitative estimate of drug-likeness (QED) is 0.228. The van der Waals surface area contributed by atoms with Gasteiger partial charge in [-0.05, 0) is 52.6 Å². The summed E-state index contributed by atoms with van der Waals surface area (Å²) in [7, 11) is 0. The number of aromatic nitrogens is 3. The maximum absolute atomic E-state index is 6.43. The summed E-state index contributed by atoms with van der Waals surface area (Å²) in [6.07, 6.45) is 0. The summed E-state index contributed by atoms with van der Waals surface area (Å²) in [4.78, 5) is 15.0. The summed E-state index contributed by atoms with van der Waals surface area (Å²) in [5.41, 5.74) is 8.11. The topological polar surface area (TPSA) is 51.8 Å². The Hall–Kier alpha value is -5.35. The van der Waals surface area contributed by atoms with Crippen LogP contribution in [0.1, 0.15) is 0 Å². The van der Waals surface area contributed by atoms with Gasteiger partial charge in [0.25, 0.3) is 0 Å². The molecule has 0 atom stereocenters. The Morgan fingerprint density at radius 2 is 1.03 bits per heavy atom. The van der Waals surface area contributed by atoms with Crippen LogP contribution in [0.25, 0.3) is 77.6 Å². The molecule has 0 bridgehead atoms. The lowest BCUT2D eigenvalue weighted by Crippen LogP contribution is -1.95. The average Bonchev–Trinajstić information content (AvgIpc) is 3.46. The van der Waals surface area contributed by atoms with Crippen molar-refractivity contribution >= 4 is 43.7 Å². The van der Waals surface area contributed by atoms with E-state index in [9.17, 15) is 0 Å². The number of oxazole rings is 1. The highest BCUT2D eigenvalue weighted by atomic mass is 16.3. The predicted molar refractivity (Wildman–Crippen MR) is 158 cm³/mol. The zero-order valence-corrected chi connectivity index (χ0v) is 20.9. The van der Waals surface area contributed by atoms with E-state index >= 15 is 0 Å². The van der Waals surface area contributed by atoms with Crippen molar-refractivity contribution in [3.63, 3.8) is 0 Å². The fourth-order valence-corrected chi connectivity index (χ4v) is 5.37. The molecule has 2 aromatic heterocycles. The van der Waals surface area contributed by atoms with Gasteiger partial charge in [-0.1, -0.05) is 91.0 Å². The van der Waals surface area contributed by atoms with Crippen LogP contribution >= 0.6 is 0 Å². The van der Waals surface area contributed by atoms with E-state index in [4.69, 9.17) is 19.4 Å². The molecule has 0 amide bonds. The summed E-state index contributed by atoms with van der Waals surface area (Å²) < 4.78 is 6.43. The van der Waals surface area contributed by atoms with Gasteiger partial charge < -0.3 is 4.42 Å². The van der Waals surface area contributed by atoms with Crippen LogP contribution in [-0.2, 0) is 0 Å². The zero-order valence-electron chi connectivity index (χ0n) is 20.9. The first-order valence-corrected chi connectivity index (χ1v) is 13.0. The SMILES string of the molecule is c1ccc(-c2nc3ccc4ccc5ccc(-c6nc7ccccc7nc6-c6ccccc6)cc5c4c3o2)cc1. The largest absolute Gasteiger partial charge is 0.435 e. The van der Waals surface area contributed by atoms with Crippen molar-refractivity contribution in [2.24, 2.45) is 0 Å². The summed E-state index contributed by atoms with van der Waals surface area (Å²) in [6, 6.07) is 43.3. The molecule has 6 aromatic carbocycles. The van der Waals surface area contributed by atoms with Crippen molar-refractivity contribution in [2.75, 3.05) is 0 Å². The fourth-order valence-electron chi connectivity index (χ4n) is 5.37. The molecule has 8 rings (SSSR count). The molecule has 39 heavy (non-hydrogen) atoms. The lowest BCUT2D eigenvalue weighted by atomic mass is 9.96. The van der Waals surface area contributed by atoms with Crippen LogP contribution < -0.4 is 0 Å². The molecule has 0 N–H and O–H groups in total. The van der Waals surface area contributed by atoms with Crippen molar-refractivity contribution in [1.29, 1.82) is 0 Å². The van der Waals surface area contributed by atoms with Gasteiger partial charge in [-0.25, -0.2) is 15.0 Å². The van der Waals surface area contributed by atoms with Gasteiger partial charge in [0.05, 0.1) is 22.4 Å². The molecule has 0 aliphatic carbocycles. The molecule has 182 valence electrons. The van der Waals surface area contributed by atoms with E-state index < -0.39 is 0 Å². The molecule has 0 unspecified atom stereocenters. The summed E-state index contributed by atoms with van der Waals surface area (Å²) >= 11 is 0. The van der Waals surface area contributed by atoms with Crippen LogP contribution in [0.15, 0.2) is 132 Å². The lowest BCUT2D eigenvalue weighted by Gasteiger charge is -2.12. The summed E-state index contributed by atoms with van der Waals surface area (Å²) in [5, 5.41) is 4.39. The van der Waals surface area contributed by atoms with E-state index in [0.717, 1.165) is 71.8 Å². The molecule has 0 saturated carbocycles. The first-order valence-electron chi connectivity index (χ1n) is 13.0. The van der Waals surface area contributed by atoms with E-state index in [0.29, 0.717) is 5.89 Å². The second kappa shape index (κ2) is 8.61. The van der Waals surface area contributed by atoms with Crippen LogP contribution in [0, 0.1) is 0 Å². The van der Waals surface area contributed by atoms with Gasteiger partial charge >= 0.3 is 0 Å². The third-order valence-electron chi connectivity index (χ3n) is 7.27. The van der Waals surface area contributed by atoms with Crippen molar-refractivity contribution in [3.05, 3.63) is 127 Å². The lowest BCUT2D eigenvalue weighted by molar-refractivity contribution is 0.623. The Morgan fingerprint density at radius 3 is 1.77 bits per heavy atom. The Balaban J connectivity index is 1.41. The number of hydrogen-bond acceptors (Lipinski definition) is 4. The van der Waals surface area contributed by atoms with Crippen LogP contribution in [0.3, 0.4) is 0 Å². The monoisotopic (exact) mass is 499 g/mol. The molecule has 0 aliphatic heterocycles. The van der Waals surface area contributed by atoms with E-state index in [1.54, 1.807) is 0 Å². The number of nitrogens with zero attached hydrogens (tertiary/aromatic N) is 3. The normalized spacial score (nSPS) is 11.6. The van der Waals surface area contributed by atoms with Gasteiger partial charge in [0.15, 0.2) is 5.58 Å². The third-order valence-corrected chi connectivity index (χ3v) is 7.27. The molecule has 4 heteroatoms. The van der Waals surface area contributed by atoms with E-state index in [1.807, 2.05) is 78.9 Å². The highest BCUT2D eigenvalue weighted by Gasteiger charge is 2.17. The minimum Gasteiger partial charge on any atom is -0.435 e. The number of benzene rings is 6. The Bertz CT molecular complexity index is 2170. The maximum Gasteiger partial charge on any atom is 0.227 e. The Morgan fingerprint density at radius 1 is 0.436 bits per heavy atom. The van der Waals surface area contributed by atoms with Gasteiger partial charge in [0.2, 0.25) is 5.89 Å². The first-order chi connectivity index (χ1) is 19.3. The van der Waals surface area contributed by atoms with Crippen LogP contribution in [0.4, 0.5) is 0 Å². The molecule has 8 aromatic rings. The second-order valence-corrected chi connectivity index (χ2v) is 9.67. The van der Waals surface area contributed by atoms with Gasteiger partial charge in [-0.15, -0.1) is 0 Å². The third kappa shape index (κ3) is 3.57. The fraction of sp³-hybridized carbons (Fsp3) is 0. The molecule has 0 spiro atoms. The minimum absolute atomic E-state index is 0.623. The zero-order chi connectivity index (χ0) is 25.8. The molecule has 0 radical (unpaired) electrons. The Labute approximate surface area is 224 Å². The maximum atomic E-state index is 6.43. The number of rotatable bonds is 3. The van der Waals surface area contributed by atoms with E-state index in [-0.39, 0.29) is 0 Å². The number of para-hydroxylation sites is 2. The molecular formula is C35H21N3O. The van der Waals surface area contributed by atoms with Crippen LogP contribution in [0.2, 0.25) is 0 Å². The van der Waals surface area contributed by atoms with E-state index in [1.165, 1.54) is 0 Å². The van der Waals surface area contributed by atoms with Gasteiger partial charge in [-0.2, -0.15) is 0 Å². The minimum atomic E-state index is 0.623. The summed E-state index contributed by atoms with van der Waals surface area (Å²) in [6.45, 7) is 0. The smallest absolute Gasteiger partial charge is 0.227 e. The van der Waals surface area contributed by atoms with Crippen molar-refractivity contribution in [3.8, 4) is 34.0 Å². The highest BCUT2D eigenvalue weighted by molar-refractivity contribution is 6.18. The van der Waals surface area contributed by atoms with E-state index in [2.05, 4.69) is 48.5 Å². The summed E-state index contributed by atoms with van der Waals surface area (Å²) in [5.74, 6) is 0.623. The van der Waals surface area contributed by atoms with Crippen molar-refractivity contribution < 1.29 is 4.42 Å². The van der Waals surface area contributed by atoms with Crippen molar-refractivity contribution in [2.45, 2.75) is 0 Å². The standard InChI is InChI=1S/C35H21N3O/c1-3-9-24(10-4-1)32-33(37-29-14-8-7-13-28(29)36-32)26-18-16-22-15-17-23-19-20-30-34(31(23)27(22)21-26)39-35(38-30)25-11-5-2-6-12-25/h1-21H.